The van der Waals surface area contributed by atoms with E-state index in [1.807, 2.05) is 20.8 Å². The molecule has 23 heavy (non-hydrogen) atoms. The van der Waals surface area contributed by atoms with Gasteiger partial charge in [0.05, 0.1) is 5.69 Å². The predicted molar refractivity (Wildman–Crippen MR) is 83.7 cm³/mol. The highest BCUT2D eigenvalue weighted by atomic mass is 19.1. The Morgan fingerprint density at radius 1 is 0.957 bits per heavy atom. The summed E-state index contributed by atoms with van der Waals surface area (Å²) in [6.45, 7) is 6.07. The molecule has 0 unspecified atom stereocenters. The van der Waals surface area contributed by atoms with E-state index in [0.717, 1.165) is 11.9 Å². The first kappa shape index (κ1) is 15.3. The Morgan fingerprint density at radius 2 is 1.70 bits per heavy atom. The number of H-pyrrole nitrogens is 1. The number of nitrogens with zero attached hydrogens (tertiary/aromatic N) is 3. The average Bonchev–Trinajstić information content (AvgIpc) is 2.97. The third-order valence-electron chi connectivity index (χ3n) is 3.38. The second-order valence-electron chi connectivity index (χ2n) is 6.29. The summed E-state index contributed by atoms with van der Waals surface area (Å²) in [7, 11) is 0. The Balaban J connectivity index is 2.01. The van der Waals surface area contributed by atoms with E-state index in [1.165, 1.54) is 12.1 Å². The fourth-order valence-corrected chi connectivity index (χ4v) is 2.12. The Labute approximate surface area is 132 Å². The maximum atomic E-state index is 13.9. The second-order valence-corrected chi connectivity index (χ2v) is 6.29. The van der Waals surface area contributed by atoms with Crippen molar-refractivity contribution in [2.24, 2.45) is 0 Å². The third kappa shape index (κ3) is 3.11. The standard InChI is InChI=1S/C17H16F2N4/c1-17(2,3)16-21-15(22-23-16)14-6-4-5-13(20-14)11-8-7-10(18)9-12(11)19/h4-9H,1-3H3,(H,21,22,23). The monoisotopic (exact) mass is 314 g/mol. The van der Waals surface area contributed by atoms with Crippen LogP contribution >= 0.6 is 0 Å². The molecule has 3 aromatic rings. The van der Waals surface area contributed by atoms with Crippen molar-refractivity contribution in [3.63, 3.8) is 0 Å². The number of hydrogen-bond acceptors (Lipinski definition) is 3. The van der Waals surface area contributed by atoms with Gasteiger partial charge in [-0.05, 0) is 24.3 Å². The summed E-state index contributed by atoms with van der Waals surface area (Å²) in [5.41, 5.74) is 1.01. The lowest BCUT2D eigenvalue weighted by Gasteiger charge is -2.12. The fourth-order valence-electron chi connectivity index (χ4n) is 2.12. The molecule has 2 heterocycles. The highest BCUT2D eigenvalue weighted by Gasteiger charge is 2.19. The van der Waals surface area contributed by atoms with E-state index in [4.69, 9.17) is 0 Å². The Morgan fingerprint density at radius 3 is 2.35 bits per heavy atom. The Bertz CT molecular complexity index is 850. The zero-order valence-electron chi connectivity index (χ0n) is 13.1. The summed E-state index contributed by atoms with van der Waals surface area (Å²) in [5.74, 6) is -0.0850. The smallest absolute Gasteiger partial charge is 0.199 e. The molecule has 0 atom stereocenters. The van der Waals surface area contributed by atoms with Crippen LogP contribution in [0.2, 0.25) is 0 Å². The van der Waals surface area contributed by atoms with Crippen molar-refractivity contribution in [2.75, 3.05) is 0 Å². The largest absolute Gasteiger partial charge is 0.262 e. The van der Waals surface area contributed by atoms with Crippen LogP contribution < -0.4 is 0 Å². The molecule has 0 amide bonds. The molecule has 118 valence electrons. The van der Waals surface area contributed by atoms with Crippen LogP contribution in [-0.4, -0.2) is 20.2 Å². The van der Waals surface area contributed by atoms with Gasteiger partial charge in [0.1, 0.15) is 23.2 Å². The molecule has 0 bridgehead atoms. The summed E-state index contributed by atoms with van der Waals surface area (Å²) in [6, 6.07) is 8.58. The molecule has 0 aliphatic heterocycles. The minimum atomic E-state index is -0.653. The second kappa shape index (κ2) is 5.53. The molecule has 3 rings (SSSR count). The Kier molecular flexibility index (Phi) is 3.67. The van der Waals surface area contributed by atoms with E-state index in [0.29, 0.717) is 17.2 Å². The number of benzene rings is 1. The van der Waals surface area contributed by atoms with E-state index in [9.17, 15) is 8.78 Å². The molecule has 0 aliphatic rings. The van der Waals surface area contributed by atoms with Crippen molar-refractivity contribution in [1.29, 1.82) is 0 Å². The van der Waals surface area contributed by atoms with Gasteiger partial charge in [0.15, 0.2) is 5.82 Å². The predicted octanol–water partition coefficient (Wildman–Crippen LogP) is 4.11. The quantitative estimate of drug-likeness (QED) is 0.774. The zero-order chi connectivity index (χ0) is 16.6. The summed E-state index contributed by atoms with van der Waals surface area (Å²) >= 11 is 0. The van der Waals surface area contributed by atoms with Crippen LogP contribution in [0, 0.1) is 11.6 Å². The average molecular weight is 314 g/mol. The van der Waals surface area contributed by atoms with E-state index in [-0.39, 0.29) is 11.0 Å². The van der Waals surface area contributed by atoms with Crippen LogP contribution in [-0.2, 0) is 5.41 Å². The first-order valence-corrected chi connectivity index (χ1v) is 7.20. The van der Waals surface area contributed by atoms with Crippen LogP contribution in [0.4, 0.5) is 8.78 Å². The minimum absolute atomic E-state index is 0.161. The minimum Gasteiger partial charge on any atom is -0.262 e. The van der Waals surface area contributed by atoms with Gasteiger partial charge >= 0.3 is 0 Å². The summed E-state index contributed by atoms with van der Waals surface area (Å²) in [4.78, 5) is 8.83. The Hall–Kier alpha value is -2.63. The van der Waals surface area contributed by atoms with E-state index >= 15 is 0 Å². The molecule has 1 N–H and O–H groups in total. The van der Waals surface area contributed by atoms with Gasteiger partial charge in [-0.2, -0.15) is 5.10 Å². The van der Waals surface area contributed by atoms with Gasteiger partial charge in [-0.3, -0.25) is 5.10 Å². The molecular weight excluding hydrogens is 298 g/mol. The van der Waals surface area contributed by atoms with E-state index in [1.54, 1.807) is 18.2 Å². The highest BCUT2D eigenvalue weighted by molar-refractivity contribution is 5.63. The lowest BCUT2D eigenvalue weighted by atomic mass is 9.96. The normalized spacial score (nSPS) is 11.7. The molecule has 0 saturated heterocycles. The van der Waals surface area contributed by atoms with Crippen LogP contribution in [0.1, 0.15) is 26.6 Å². The molecule has 0 aliphatic carbocycles. The molecule has 4 nitrogen and oxygen atoms in total. The number of aromatic amines is 1. The molecule has 0 radical (unpaired) electrons. The van der Waals surface area contributed by atoms with Crippen molar-refractivity contribution >= 4 is 0 Å². The van der Waals surface area contributed by atoms with Crippen molar-refractivity contribution < 1.29 is 8.78 Å². The van der Waals surface area contributed by atoms with Gasteiger partial charge in [0.2, 0.25) is 0 Å². The maximum absolute atomic E-state index is 13.9. The van der Waals surface area contributed by atoms with Gasteiger partial charge in [-0.25, -0.2) is 18.7 Å². The number of hydrogen-bond donors (Lipinski definition) is 1. The fraction of sp³-hybridized carbons (Fsp3) is 0.235. The summed E-state index contributed by atoms with van der Waals surface area (Å²) in [5, 5.41) is 7.07. The number of aromatic nitrogens is 4. The van der Waals surface area contributed by atoms with E-state index in [2.05, 4.69) is 20.2 Å². The van der Waals surface area contributed by atoms with Crippen molar-refractivity contribution in [1.82, 2.24) is 20.2 Å². The molecular formula is C17H16F2N4. The third-order valence-corrected chi connectivity index (χ3v) is 3.38. The first-order chi connectivity index (χ1) is 10.8. The molecule has 6 heteroatoms. The van der Waals surface area contributed by atoms with Crippen LogP contribution in [0.5, 0.6) is 0 Å². The number of pyridine rings is 1. The number of nitrogens with one attached hydrogen (secondary N) is 1. The summed E-state index contributed by atoms with van der Waals surface area (Å²) in [6.07, 6.45) is 0. The van der Waals surface area contributed by atoms with Crippen molar-refractivity contribution in [3.8, 4) is 22.8 Å². The van der Waals surface area contributed by atoms with Gasteiger partial charge in [0, 0.05) is 17.0 Å². The SMILES string of the molecule is CC(C)(C)c1nc(-c2cccc(-c3ccc(F)cc3F)n2)n[nH]1. The topological polar surface area (TPSA) is 54.5 Å². The highest BCUT2D eigenvalue weighted by Crippen LogP contribution is 2.25. The molecule has 2 aromatic heterocycles. The van der Waals surface area contributed by atoms with Gasteiger partial charge in [0.25, 0.3) is 0 Å². The lowest BCUT2D eigenvalue weighted by molar-refractivity contribution is 0.548. The van der Waals surface area contributed by atoms with Crippen LogP contribution in [0.3, 0.4) is 0 Å². The zero-order valence-corrected chi connectivity index (χ0v) is 13.1. The summed E-state index contributed by atoms with van der Waals surface area (Å²) < 4.78 is 27.0. The molecule has 0 fully saturated rings. The number of halogens is 2. The lowest BCUT2D eigenvalue weighted by Crippen LogP contribution is -2.13. The maximum Gasteiger partial charge on any atom is 0.199 e. The molecule has 0 spiro atoms. The van der Waals surface area contributed by atoms with Crippen LogP contribution in [0.25, 0.3) is 22.8 Å². The van der Waals surface area contributed by atoms with Gasteiger partial charge < -0.3 is 0 Å². The molecule has 0 saturated carbocycles. The van der Waals surface area contributed by atoms with Gasteiger partial charge in [-0.1, -0.05) is 26.8 Å². The number of rotatable bonds is 2. The van der Waals surface area contributed by atoms with E-state index < -0.39 is 11.6 Å². The first-order valence-electron chi connectivity index (χ1n) is 7.20. The van der Waals surface area contributed by atoms with Crippen molar-refractivity contribution in [3.05, 3.63) is 53.9 Å². The van der Waals surface area contributed by atoms with Crippen LogP contribution in [0.15, 0.2) is 36.4 Å². The van der Waals surface area contributed by atoms with Gasteiger partial charge in [-0.15, -0.1) is 0 Å². The van der Waals surface area contributed by atoms with Crippen molar-refractivity contribution in [2.45, 2.75) is 26.2 Å². The molecule has 1 aromatic carbocycles.